The van der Waals surface area contributed by atoms with Crippen LogP contribution in [0.15, 0.2) is 40.5 Å². The summed E-state index contributed by atoms with van der Waals surface area (Å²) in [6.07, 6.45) is 0.861. The standard InChI is InChI=1S/C26H32N4O5/c1-4-34-20-7-6-18(15-21(20)32-3)23-19(16-27)25(28)35-22-14-17(2)30(26(31)24(22)23)9-5-8-29-10-12-33-13-11-29/h6-7,14-15,23H,4-5,8-13,28H2,1-3H3/p+1/t23-/m1/s1. The number of fused-ring (bicyclic) bond motifs is 1. The molecule has 0 aliphatic carbocycles. The van der Waals surface area contributed by atoms with Crippen molar-refractivity contribution in [3.05, 3.63) is 62.9 Å². The summed E-state index contributed by atoms with van der Waals surface area (Å²) in [4.78, 5) is 15.3. The number of hydrogen-bond acceptors (Lipinski definition) is 7. The Hall–Kier alpha value is -3.48. The van der Waals surface area contributed by atoms with Crippen LogP contribution in [-0.2, 0) is 11.3 Å². The van der Waals surface area contributed by atoms with E-state index >= 15 is 0 Å². The van der Waals surface area contributed by atoms with Gasteiger partial charge in [0.1, 0.15) is 30.5 Å². The minimum absolute atomic E-state index is 0.00492. The zero-order valence-electron chi connectivity index (χ0n) is 20.6. The summed E-state index contributed by atoms with van der Waals surface area (Å²) in [6, 6.07) is 9.41. The van der Waals surface area contributed by atoms with Gasteiger partial charge in [0.2, 0.25) is 5.88 Å². The molecule has 3 heterocycles. The number of nitrogens with zero attached hydrogens (tertiary/aromatic N) is 2. The van der Waals surface area contributed by atoms with E-state index in [-0.39, 0.29) is 17.0 Å². The lowest BCUT2D eigenvalue weighted by Crippen LogP contribution is -3.14. The predicted molar refractivity (Wildman–Crippen MR) is 130 cm³/mol. The zero-order valence-corrected chi connectivity index (χ0v) is 20.6. The topological polar surface area (TPSA) is 113 Å². The number of nitriles is 1. The highest BCUT2D eigenvalue weighted by Gasteiger charge is 2.35. The van der Waals surface area contributed by atoms with Crippen molar-refractivity contribution < 1.29 is 23.8 Å². The summed E-state index contributed by atoms with van der Waals surface area (Å²) in [5, 5.41) is 9.94. The number of nitrogens with two attached hydrogens (primary N) is 1. The van der Waals surface area contributed by atoms with E-state index in [4.69, 9.17) is 24.7 Å². The number of aromatic nitrogens is 1. The van der Waals surface area contributed by atoms with Crippen LogP contribution in [0.25, 0.3) is 0 Å². The molecule has 1 fully saturated rings. The summed E-state index contributed by atoms with van der Waals surface area (Å²) in [6.45, 7) is 9.37. The smallest absolute Gasteiger partial charge is 0.258 e. The lowest BCUT2D eigenvalue weighted by atomic mass is 9.84. The molecule has 0 amide bonds. The Labute approximate surface area is 205 Å². The Bertz CT molecular complexity index is 1210. The summed E-state index contributed by atoms with van der Waals surface area (Å²) in [5.74, 6) is 0.836. The molecule has 2 aromatic rings. The molecule has 1 atom stereocenters. The number of nitrogens with one attached hydrogen (secondary N) is 1. The molecule has 186 valence electrons. The van der Waals surface area contributed by atoms with Gasteiger partial charge in [-0.25, -0.2) is 0 Å². The molecule has 0 spiro atoms. The Kier molecular flexibility index (Phi) is 7.63. The van der Waals surface area contributed by atoms with E-state index in [0.29, 0.717) is 41.5 Å². The molecule has 9 heteroatoms. The van der Waals surface area contributed by atoms with Gasteiger partial charge in [-0.2, -0.15) is 5.26 Å². The van der Waals surface area contributed by atoms with Gasteiger partial charge in [-0.15, -0.1) is 0 Å². The maximum atomic E-state index is 13.8. The number of quaternary nitrogens is 1. The molecule has 2 aliphatic rings. The first-order valence-corrected chi connectivity index (χ1v) is 12.0. The molecule has 35 heavy (non-hydrogen) atoms. The number of allylic oxidation sites excluding steroid dienone is 1. The lowest BCUT2D eigenvalue weighted by Gasteiger charge is -2.28. The zero-order chi connectivity index (χ0) is 24.9. The third-order valence-electron chi connectivity index (χ3n) is 6.62. The number of hydrogen-bond donors (Lipinski definition) is 2. The Morgan fingerprint density at radius 2 is 2.03 bits per heavy atom. The summed E-state index contributed by atoms with van der Waals surface area (Å²) in [5.41, 5.74) is 8.08. The summed E-state index contributed by atoms with van der Waals surface area (Å²) in [7, 11) is 1.56. The fourth-order valence-corrected chi connectivity index (χ4v) is 4.83. The van der Waals surface area contributed by atoms with Crippen molar-refractivity contribution in [3.63, 3.8) is 0 Å². The maximum Gasteiger partial charge on any atom is 0.258 e. The second kappa shape index (κ2) is 10.8. The average molecular weight is 482 g/mol. The summed E-state index contributed by atoms with van der Waals surface area (Å²) < 4.78 is 24.1. The summed E-state index contributed by atoms with van der Waals surface area (Å²) >= 11 is 0. The van der Waals surface area contributed by atoms with Gasteiger partial charge in [0, 0.05) is 24.7 Å². The molecule has 9 nitrogen and oxygen atoms in total. The molecule has 4 rings (SSSR count). The maximum absolute atomic E-state index is 13.8. The van der Waals surface area contributed by atoms with Crippen molar-refractivity contribution in [2.45, 2.75) is 32.7 Å². The van der Waals surface area contributed by atoms with E-state index in [1.807, 2.05) is 26.0 Å². The monoisotopic (exact) mass is 481 g/mol. The third-order valence-corrected chi connectivity index (χ3v) is 6.62. The minimum Gasteiger partial charge on any atom is -0.493 e. The van der Waals surface area contributed by atoms with Gasteiger partial charge >= 0.3 is 0 Å². The van der Waals surface area contributed by atoms with Crippen molar-refractivity contribution in [1.29, 1.82) is 5.26 Å². The van der Waals surface area contributed by atoms with Crippen LogP contribution in [0.1, 0.15) is 36.1 Å². The fourth-order valence-electron chi connectivity index (χ4n) is 4.83. The molecular formula is C26H33N4O5+. The van der Waals surface area contributed by atoms with Crippen molar-refractivity contribution >= 4 is 0 Å². The molecule has 0 saturated carbocycles. The molecule has 2 aliphatic heterocycles. The molecule has 0 radical (unpaired) electrons. The van der Waals surface area contributed by atoms with Crippen LogP contribution in [0.2, 0.25) is 0 Å². The molecule has 3 N–H and O–H groups in total. The highest BCUT2D eigenvalue weighted by Crippen LogP contribution is 2.42. The van der Waals surface area contributed by atoms with Crippen LogP contribution in [0.3, 0.4) is 0 Å². The minimum atomic E-state index is -0.669. The number of morpholine rings is 1. The molecular weight excluding hydrogens is 448 g/mol. The SMILES string of the molecule is CCOc1ccc([C@@H]2C(C#N)=C(N)Oc3cc(C)n(CCC[NH+]4CCOCC4)c(=O)c32)cc1OC. The molecule has 1 aromatic heterocycles. The Morgan fingerprint density at radius 1 is 1.26 bits per heavy atom. The first-order chi connectivity index (χ1) is 17.0. The lowest BCUT2D eigenvalue weighted by molar-refractivity contribution is -0.908. The Morgan fingerprint density at radius 3 is 2.71 bits per heavy atom. The first-order valence-electron chi connectivity index (χ1n) is 12.0. The van der Waals surface area contributed by atoms with Crippen LogP contribution in [0.4, 0.5) is 0 Å². The highest BCUT2D eigenvalue weighted by molar-refractivity contribution is 5.57. The number of methoxy groups -OCH3 is 1. The van der Waals surface area contributed by atoms with Crippen molar-refractivity contribution in [1.82, 2.24) is 4.57 Å². The molecule has 0 bridgehead atoms. The molecule has 0 unspecified atom stereocenters. The predicted octanol–water partition coefficient (Wildman–Crippen LogP) is 1.09. The van der Waals surface area contributed by atoms with Gasteiger partial charge in [-0.3, -0.25) is 4.79 Å². The van der Waals surface area contributed by atoms with Crippen molar-refractivity contribution in [2.75, 3.05) is 46.6 Å². The van der Waals surface area contributed by atoms with E-state index in [1.165, 1.54) is 4.90 Å². The van der Waals surface area contributed by atoms with Gasteiger partial charge in [-0.1, -0.05) is 6.07 Å². The normalized spacial score (nSPS) is 17.9. The van der Waals surface area contributed by atoms with Gasteiger partial charge < -0.3 is 34.1 Å². The molecule has 1 aromatic carbocycles. The van der Waals surface area contributed by atoms with E-state index in [0.717, 1.165) is 45.0 Å². The highest BCUT2D eigenvalue weighted by atomic mass is 16.5. The number of pyridine rings is 1. The van der Waals surface area contributed by atoms with Crippen LogP contribution >= 0.6 is 0 Å². The van der Waals surface area contributed by atoms with E-state index in [2.05, 4.69) is 6.07 Å². The van der Waals surface area contributed by atoms with Gasteiger partial charge in [-0.05, 0) is 31.5 Å². The van der Waals surface area contributed by atoms with Gasteiger partial charge in [0.15, 0.2) is 11.5 Å². The van der Waals surface area contributed by atoms with Gasteiger partial charge in [0.05, 0.1) is 45.0 Å². The van der Waals surface area contributed by atoms with Gasteiger partial charge in [0.25, 0.3) is 5.56 Å². The van der Waals surface area contributed by atoms with E-state index in [1.54, 1.807) is 23.8 Å². The number of aryl methyl sites for hydroxylation is 1. The van der Waals surface area contributed by atoms with E-state index < -0.39 is 5.92 Å². The second-order valence-corrected chi connectivity index (χ2v) is 8.75. The van der Waals surface area contributed by atoms with Crippen LogP contribution < -0.4 is 30.4 Å². The number of ether oxygens (including phenoxy) is 4. The average Bonchev–Trinajstić information content (AvgIpc) is 2.86. The van der Waals surface area contributed by atoms with Crippen molar-refractivity contribution in [3.8, 4) is 23.3 Å². The van der Waals surface area contributed by atoms with Crippen LogP contribution in [-0.4, -0.2) is 51.1 Å². The fraction of sp³-hybridized carbons (Fsp3) is 0.462. The first kappa shape index (κ1) is 24.6. The number of benzene rings is 1. The second-order valence-electron chi connectivity index (χ2n) is 8.75. The van der Waals surface area contributed by atoms with Crippen molar-refractivity contribution in [2.24, 2.45) is 5.73 Å². The number of rotatable bonds is 8. The van der Waals surface area contributed by atoms with Crippen LogP contribution in [0, 0.1) is 18.3 Å². The third kappa shape index (κ3) is 4.99. The largest absolute Gasteiger partial charge is 0.493 e. The quantitative estimate of drug-likeness (QED) is 0.580. The van der Waals surface area contributed by atoms with E-state index in [9.17, 15) is 10.1 Å². The Balaban J connectivity index is 1.73. The van der Waals surface area contributed by atoms with Crippen LogP contribution in [0.5, 0.6) is 17.2 Å². The molecule has 1 saturated heterocycles.